The van der Waals surface area contributed by atoms with E-state index in [2.05, 4.69) is 93.6 Å². The molecule has 0 N–H and O–H groups in total. The quantitative estimate of drug-likeness (QED) is 0.157. The van der Waals surface area contributed by atoms with E-state index in [9.17, 15) is 4.79 Å². The summed E-state index contributed by atoms with van der Waals surface area (Å²) in [5.41, 5.74) is 5.31. The highest BCUT2D eigenvalue weighted by Gasteiger charge is 2.18. The molecule has 0 aliphatic rings. The van der Waals surface area contributed by atoms with Crippen molar-refractivity contribution in [1.82, 2.24) is 9.96 Å². The average molecular weight is 571 g/mol. The number of benzene rings is 5. The Morgan fingerprint density at radius 2 is 0.791 bits per heavy atom. The van der Waals surface area contributed by atoms with Crippen molar-refractivity contribution in [3.05, 3.63) is 179 Å². The van der Waals surface area contributed by atoms with Crippen molar-refractivity contribution in [2.24, 2.45) is 0 Å². The van der Waals surface area contributed by atoms with Gasteiger partial charge in [0.1, 0.15) is 0 Å². The molecule has 0 aliphatic carbocycles. The van der Waals surface area contributed by atoms with Gasteiger partial charge in [0.2, 0.25) is 0 Å². The second-order valence-electron chi connectivity index (χ2n) is 11.5. The van der Waals surface area contributed by atoms with Crippen molar-refractivity contribution in [3.63, 3.8) is 0 Å². The maximum atomic E-state index is 12.9. The Morgan fingerprint density at radius 3 is 1.12 bits per heavy atom. The van der Waals surface area contributed by atoms with Gasteiger partial charge in [-0.1, -0.05) is 140 Å². The SMILES string of the molecule is CC(C)(C)ON(Cc1ccccc1)Cc1ccccc1.O=C(c1ccccc1)N(Cc1ccccc1)Cc1ccccc1. The number of rotatable bonds is 10. The molecule has 0 aromatic heterocycles. The van der Waals surface area contributed by atoms with Gasteiger partial charge in [-0.2, -0.15) is 5.06 Å². The van der Waals surface area contributed by atoms with Crippen LogP contribution in [0.2, 0.25) is 0 Å². The van der Waals surface area contributed by atoms with Crippen molar-refractivity contribution < 1.29 is 9.63 Å². The average Bonchev–Trinajstić information content (AvgIpc) is 3.02. The summed E-state index contributed by atoms with van der Waals surface area (Å²) in [6.45, 7) is 9.01. The van der Waals surface area contributed by atoms with Crippen LogP contribution in [0.1, 0.15) is 53.4 Å². The van der Waals surface area contributed by atoms with Crippen LogP contribution in [0.3, 0.4) is 0 Å². The topological polar surface area (TPSA) is 32.8 Å². The van der Waals surface area contributed by atoms with E-state index in [-0.39, 0.29) is 11.5 Å². The number of nitrogens with zero attached hydrogens (tertiary/aromatic N) is 2. The number of carbonyl (C=O) groups is 1. The smallest absolute Gasteiger partial charge is 0.254 e. The molecule has 5 aromatic rings. The monoisotopic (exact) mass is 570 g/mol. The molecule has 0 saturated heterocycles. The van der Waals surface area contributed by atoms with Gasteiger partial charge in [0.05, 0.1) is 5.60 Å². The first-order valence-electron chi connectivity index (χ1n) is 14.8. The van der Waals surface area contributed by atoms with Gasteiger partial charge in [0.25, 0.3) is 5.91 Å². The van der Waals surface area contributed by atoms with Gasteiger partial charge >= 0.3 is 0 Å². The lowest BCUT2D eigenvalue weighted by molar-refractivity contribution is -0.240. The Labute approximate surface area is 257 Å². The summed E-state index contributed by atoms with van der Waals surface area (Å²) in [5, 5.41) is 2.03. The van der Waals surface area contributed by atoms with Crippen LogP contribution in [-0.2, 0) is 31.0 Å². The van der Waals surface area contributed by atoms with Gasteiger partial charge in [-0.15, -0.1) is 0 Å². The van der Waals surface area contributed by atoms with Crippen LogP contribution in [0, 0.1) is 0 Å². The van der Waals surface area contributed by atoms with Gasteiger partial charge in [0, 0.05) is 31.7 Å². The minimum atomic E-state index is -0.191. The standard InChI is InChI=1S/C21H19NO.C18H23NO/c23-21(20-14-8-3-9-15-20)22(16-18-10-4-1-5-11-18)17-19-12-6-2-7-13-19;1-18(2,3)20-19(14-16-10-6-4-7-11-16)15-17-12-8-5-9-13-17/h1-15H,16-17H2;4-13H,14-15H2,1-3H3. The Bertz CT molecular complexity index is 1390. The molecule has 5 rings (SSSR count). The maximum Gasteiger partial charge on any atom is 0.254 e. The van der Waals surface area contributed by atoms with Crippen molar-refractivity contribution >= 4 is 5.91 Å². The minimum absolute atomic E-state index is 0.0540. The number of hydrogen-bond donors (Lipinski definition) is 0. The zero-order valence-corrected chi connectivity index (χ0v) is 25.5. The second-order valence-corrected chi connectivity index (χ2v) is 11.5. The Hall–Kier alpha value is -4.51. The molecular weight excluding hydrogens is 528 g/mol. The molecule has 0 fully saturated rings. The van der Waals surface area contributed by atoms with Crippen LogP contribution in [0.4, 0.5) is 0 Å². The second kappa shape index (κ2) is 16.2. The van der Waals surface area contributed by atoms with E-state index in [0.29, 0.717) is 13.1 Å². The van der Waals surface area contributed by atoms with Gasteiger partial charge < -0.3 is 4.90 Å². The first kappa shape index (κ1) is 31.4. The summed E-state index contributed by atoms with van der Waals surface area (Å²) < 4.78 is 0. The third-order valence-corrected chi connectivity index (χ3v) is 6.55. The number of hydroxylamine groups is 2. The lowest BCUT2D eigenvalue weighted by Gasteiger charge is -2.30. The molecule has 4 nitrogen and oxygen atoms in total. The van der Waals surface area contributed by atoms with Crippen LogP contribution >= 0.6 is 0 Å². The van der Waals surface area contributed by atoms with Crippen LogP contribution < -0.4 is 0 Å². The number of carbonyl (C=O) groups excluding carboxylic acids is 1. The van der Waals surface area contributed by atoms with Gasteiger partial charge in [-0.05, 0) is 55.2 Å². The minimum Gasteiger partial charge on any atom is -0.330 e. The van der Waals surface area contributed by atoms with Crippen LogP contribution in [0.15, 0.2) is 152 Å². The van der Waals surface area contributed by atoms with E-state index in [1.807, 2.05) is 88.8 Å². The van der Waals surface area contributed by atoms with Crippen LogP contribution in [0.5, 0.6) is 0 Å². The molecular formula is C39H42N2O2. The zero-order valence-electron chi connectivity index (χ0n) is 25.5. The van der Waals surface area contributed by atoms with E-state index in [1.54, 1.807) is 0 Å². The predicted octanol–water partition coefficient (Wildman–Crippen LogP) is 8.95. The summed E-state index contributed by atoms with van der Waals surface area (Å²) in [6, 6.07) is 50.5. The lowest BCUT2D eigenvalue weighted by atomic mass is 10.1. The molecule has 0 spiro atoms. The lowest BCUT2D eigenvalue weighted by Crippen LogP contribution is -2.33. The normalized spacial score (nSPS) is 11.0. The Morgan fingerprint density at radius 1 is 0.488 bits per heavy atom. The van der Waals surface area contributed by atoms with Crippen molar-refractivity contribution in [1.29, 1.82) is 0 Å². The first-order chi connectivity index (χ1) is 20.9. The third-order valence-electron chi connectivity index (χ3n) is 6.55. The van der Waals surface area contributed by atoms with Crippen molar-refractivity contribution in [2.45, 2.75) is 52.6 Å². The molecule has 0 atom stereocenters. The molecule has 220 valence electrons. The molecule has 0 saturated carbocycles. The molecule has 0 radical (unpaired) electrons. The van der Waals surface area contributed by atoms with E-state index >= 15 is 0 Å². The van der Waals surface area contributed by atoms with Gasteiger partial charge in [0.15, 0.2) is 0 Å². The molecule has 0 unspecified atom stereocenters. The Balaban J connectivity index is 0.000000199. The summed E-state index contributed by atoms with van der Waals surface area (Å²) in [4.78, 5) is 20.8. The highest BCUT2D eigenvalue weighted by molar-refractivity contribution is 5.94. The maximum absolute atomic E-state index is 12.9. The summed E-state index contributed by atoms with van der Waals surface area (Å²) in [5.74, 6) is 0.0540. The van der Waals surface area contributed by atoms with Crippen LogP contribution in [-0.4, -0.2) is 21.5 Å². The van der Waals surface area contributed by atoms with Crippen LogP contribution in [0.25, 0.3) is 0 Å². The molecule has 0 aliphatic heterocycles. The van der Waals surface area contributed by atoms with Crippen molar-refractivity contribution in [2.75, 3.05) is 0 Å². The number of hydrogen-bond acceptors (Lipinski definition) is 3. The fourth-order valence-electron chi connectivity index (χ4n) is 4.65. The fraction of sp³-hybridized carbons (Fsp3) is 0.205. The molecule has 4 heteroatoms. The summed E-state index contributed by atoms with van der Waals surface area (Å²) >= 11 is 0. The highest BCUT2D eigenvalue weighted by atomic mass is 16.7. The summed E-state index contributed by atoms with van der Waals surface area (Å²) in [7, 11) is 0. The summed E-state index contributed by atoms with van der Waals surface area (Å²) in [6.07, 6.45) is 0. The first-order valence-corrected chi connectivity index (χ1v) is 14.8. The van der Waals surface area contributed by atoms with E-state index in [1.165, 1.54) is 11.1 Å². The zero-order chi connectivity index (χ0) is 30.3. The third kappa shape index (κ3) is 11.4. The predicted molar refractivity (Wildman–Crippen MR) is 176 cm³/mol. The highest BCUT2D eigenvalue weighted by Crippen LogP contribution is 2.17. The molecule has 0 bridgehead atoms. The molecule has 1 amide bonds. The molecule has 43 heavy (non-hydrogen) atoms. The molecule has 0 heterocycles. The van der Waals surface area contributed by atoms with E-state index in [0.717, 1.165) is 29.8 Å². The van der Waals surface area contributed by atoms with Gasteiger partial charge in [-0.25, -0.2) is 0 Å². The fourth-order valence-corrected chi connectivity index (χ4v) is 4.65. The number of amides is 1. The largest absolute Gasteiger partial charge is 0.330 e. The Kier molecular flexibility index (Phi) is 11.8. The van der Waals surface area contributed by atoms with E-state index < -0.39 is 0 Å². The molecule has 5 aromatic carbocycles. The van der Waals surface area contributed by atoms with Crippen molar-refractivity contribution in [3.8, 4) is 0 Å². The van der Waals surface area contributed by atoms with Gasteiger partial charge in [-0.3, -0.25) is 9.63 Å². The van der Waals surface area contributed by atoms with E-state index in [4.69, 9.17) is 4.84 Å².